The van der Waals surface area contributed by atoms with Gasteiger partial charge in [-0.25, -0.2) is 4.39 Å². The summed E-state index contributed by atoms with van der Waals surface area (Å²) in [6.07, 6.45) is 0.814. The molecule has 19 heavy (non-hydrogen) atoms. The lowest BCUT2D eigenvalue weighted by atomic mass is 9.85. The van der Waals surface area contributed by atoms with Crippen LogP contribution in [0.4, 0.5) is 4.39 Å². The van der Waals surface area contributed by atoms with Gasteiger partial charge in [0.15, 0.2) is 0 Å². The quantitative estimate of drug-likeness (QED) is 0.801. The molecule has 5 heteroatoms. The lowest BCUT2D eigenvalue weighted by Gasteiger charge is -2.31. The third kappa shape index (κ3) is 4.77. The lowest BCUT2D eigenvalue weighted by molar-refractivity contribution is 0.0901. The molecule has 106 valence electrons. The molecule has 1 unspecified atom stereocenters. The maximum absolute atomic E-state index is 13.0. The minimum atomic E-state index is -0.450. The predicted octanol–water partition coefficient (Wildman–Crippen LogP) is 4.41. The standard InChI is InChI=1S/C14H18BrClFNO/c1-14(2,3)12(6-7-15)18-13(19)10-5-4-9(17)8-11(10)16/h4-5,8,12H,6-7H2,1-3H3,(H,18,19). The molecule has 1 aromatic rings. The summed E-state index contributed by atoms with van der Waals surface area (Å²) >= 11 is 9.27. The Balaban J connectivity index is 2.88. The SMILES string of the molecule is CC(C)(C)C(CCBr)NC(=O)c1ccc(F)cc1Cl. The number of amides is 1. The normalized spacial score (nSPS) is 13.2. The summed E-state index contributed by atoms with van der Waals surface area (Å²) in [5.74, 6) is -0.722. The number of hydrogen-bond donors (Lipinski definition) is 1. The molecule has 1 N–H and O–H groups in total. The summed E-state index contributed by atoms with van der Waals surface area (Å²) in [5.41, 5.74) is 0.238. The Morgan fingerprint density at radius 3 is 2.58 bits per heavy atom. The van der Waals surface area contributed by atoms with Crippen LogP contribution in [-0.4, -0.2) is 17.3 Å². The zero-order chi connectivity index (χ0) is 14.6. The molecule has 0 saturated heterocycles. The van der Waals surface area contributed by atoms with Gasteiger partial charge in [0.25, 0.3) is 5.91 Å². The Morgan fingerprint density at radius 2 is 2.11 bits per heavy atom. The van der Waals surface area contributed by atoms with Crippen LogP contribution in [0.5, 0.6) is 0 Å². The van der Waals surface area contributed by atoms with Crippen molar-refractivity contribution in [3.63, 3.8) is 0 Å². The van der Waals surface area contributed by atoms with Gasteiger partial charge in [0.1, 0.15) is 5.82 Å². The average Bonchev–Trinajstić information content (AvgIpc) is 2.26. The number of alkyl halides is 1. The highest BCUT2D eigenvalue weighted by Gasteiger charge is 2.26. The van der Waals surface area contributed by atoms with Crippen molar-refractivity contribution in [3.8, 4) is 0 Å². The van der Waals surface area contributed by atoms with E-state index < -0.39 is 5.82 Å². The van der Waals surface area contributed by atoms with E-state index in [1.165, 1.54) is 12.1 Å². The van der Waals surface area contributed by atoms with E-state index in [0.717, 1.165) is 17.8 Å². The molecule has 0 radical (unpaired) electrons. The summed E-state index contributed by atoms with van der Waals surface area (Å²) in [6, 6.07) is 3.80. The Morgan fingerprint density at radius 1 is 1.47 bits per heavy atom. The molecule has 0 aliphatic carbocycles. The summed E-state index contributed by atoms with van der Waals surface area (Å²) in [4.78, 5) is 12.2. The van der Waals surface area contributed by atoms with Crippen LogP contribution in [0.1, 0.15) is 37.6 Å². The third-order valence-corrected chi connectivity index (χ3v) is 3.69. The largest absolute Gasteiger partial charge is 0.349 e. The van der Waals surface area contributed by atoms with E-state index in [4.69, 9.17) is 11.6 Å². The minimum absolute atomic E-state index is 0.0143. The maximum atomic E-state index is 13.0. The number of halogens is 3. The Labute approximate surface area is 126 Å². The Hall–Kier alpha value is -0.610. The maximum Gasteiger partial charge on any atom is 0.253 e. The van der Waals surface area contributed by atoms with E-state index >= 15 is 0 Å². The van der Waals surface area contributed by atoms with E-state index in [0.29, 0.717) is 5.56 Å². The van der Waals surface area contributed by atoms with Crippen molar-refractivity contribution in [1.82, 2.24) is 5.32 Å². The lowest BCUT2D eigenvalue weighted by Crippen LogP contribution is -2.44. The number of carbonyl (C=O) groups is 1. The molecule has 0 aromatic heterocycles. The summed E-state index contributed by atoms with van der Waals surface area (Å²) < 4.78 is 13.0. The fraction of sp³-hybridized carbons (Fsp3) is 0.500. The number of rotatable bonds is 4. The zero-order valence-electron chi connectivity index (χ0n) is 11.3. The van der Waals surface area contributed by atoms with Gasteiger partial charge in [-0.3, -0.25) is 4.79 Å². The number of carbonyl (C=O) groups excluding carboxylic acids is 1. The van der Waals surface area contributed by atoms with Crippen LogP contribution in [-0.2, 0) is 0 Å². The molecule has 0 aliphatic rings. The Kier molecular flexibility index (Phi) is 5.81. The summed E-state index contributed by atoms with van der Waals surface area (Å²) in [5, 5.41) is 3.89. The van der Waals surface area contributed by atoms with Crippen molar-refractivity contribution in [2.45, 2.75) is 33.2 Å². The van der Waals surface area contributed by atoms with Crippen LogP contribution in [0.25, 0.3) is 0 Å². The van der Waals surface area contributed by atoms with Crippen molar-refractivity contribution in [2.24, 2.45) is 5.41 Å². The summed E-state index contributed by atoms with van der Waals surface area (Å²) in [6.45, 7) is 6.19. The molecule has 0 heterocycles. The van der Waals surface area contributed by atoms with Crippen molar-refractivity contribution in [1.29, 1.82) is 0 Å². The second kappa shape index (κ2) is 6.71. The molecule has 1 atom stereocenters. The van der Waals surface area contributed by atoms with Gasteiger partial charge in [-0.2, -0.15) is 0 Å². The molecule has 1 rings (SSSR count). The molecule has 2 nitrogen and oxygen atoms in total. The molecular formula is C14H18BrClFNO. The van der Waals surface area contributed by atoms with Gasteiger partial charge in [-0.1, -0.05) is 48.3 Å². The van der Waals surface area contributed by atoms with Gasteiger partial charge in [-0.05, 0) is 30.0 Å². The highest BCUT2D eigenvalue weighted by molar-refractivity contribution is 9.09. The summed E-state index contributed by atoms with van der Waals surface area (Å²) in [7, 11) is 0. The first-order valence-electron chi connectivity index (χ1n) is 6.07. The van der Waals surface area contributed by atoms with Crippen molar-refractivity contribution in [3.05, 3.63) is 34.6 Å². The van der Waals surface area contributed by atoms with Crippen LogP contribution in [0, 0.1) is 11.2 Å². The first-order valence-corrected chi connectivity index (χ1v) is 7.57. The number of nitrogens with one attached hydrogen (secondary N) is 1. The highest BCUT2D eigenvalue weighted by Crippen LogP contribution is 2.24. The molecule has 0 spiro atoms. The fourth-order valence-corrected chi connectivity index (χ4v) is 2.45. The predicted molar refractivity (Wildman–Crippen MR) is 80.5 cm³/mol. The second-order valence-corrected chi connectivity index (χ2v) is 6.69. The smallest absolute Gasteiger partial charge is 0.253 e. The second-order valence-electron chi connectivity index (χ2n) is 5.49. The third-order valence-electron chi connectivity index (χ3n) is 2.92. The molecule has 0 aliphatic heterocycles. The van der Waals surface area contributed by atoms with Crippen molar-refractivity contribution >= 4 is 33.4 Å². The zero-order valence-corrected chi connectivity index (χ0v) is 13.6. The van der Waals surface area contributed by atoms with Gasteiger partial charge in [-0.15, -0.1) is 0 Å². The monoisotopic (exact) mass is 349 g/mol. The molecule has 0 fully saturated rings. The van der Waals surface area contributed by atoms with Crippen LogP contribution in [0.2, 0.25) is 5.02 Å². The molecule has 1 aromatic carbocycles. The van der Waals surface area contributed by atoms with Gasteiger partial charge in [0.2, 0.25) is 0 Å². The minimum Gasteiger partial charge on any atom is -0.349 e. The first-order chi connectivity index (χ1) is 8.75. The van der Waals surface area contributed by atoms with Crippen molar-refractivity contribution < 1.29 is 9.18 Å². The fourth-order valence-electron chi connectivity index (χ4n) is 1.74. The number of hydrogen-bond acceptors (Lipinski definition) is 1. The van der Waals surface area contributed by atoms with Crippen molar-refractivity contribution in [2.75, 3.05) is 5.33 Å². The van der Waals surface area contributed by atoms with Crippen LogP contribution >= 0.6 is 27.5 Å². The van der Waals surface area contributed by atoms with E-state index in [1.807, 2.05) is 0 Å². The molecule has 0 bridgehead atoms. The van der Waals surface area contributed by atoms with Crippen LogP contribution < -0.4 is 5.32 Å². The average molecular weight is 351 g/mol. The van der Waals surface area contributed by atoms with Crippen LogP contribution in [0.3, 0.4) is 0 Å². The highest BCUT2D eigenvalue weighted by atomic mass is 79.9. The topological polar surface area (TPSA) is 29.1 Å². The molecule has 1 amide bonds. The van der Waals surface area contributed by atoms with Gasteiger partial charge in [0, 0.05) is 11.4 Å². The van der Waals surface area contributed by atoms with E-state index in [9.17, 15) is 9.18 Å². The van der Waals surface area contributed by atoms with E-state index in [1.54, 1.807) is 0 Å². The number of benzene rings is 1. The van der Waals surface area contributed by atoms with Crippen LogP contribution in [0.15, 0.2) is 18.2 Å². The molecule has 0 saturated carbocycles. The van der Waals surface area contributed by atoms with Gasteiger partial charge >= 0.3 is 0 Å². The van der Waals surface area contributed by atoms with E-state index in [-0.39, 0.29) is 22.4 Å². The molecular weight excluding hydrogens is 333 g/mol. The van der Waals surface area contributed by atoms with Gasteiger partial charge < -0.3 is 5.32 Å². The van der Waals surface area contributed by atoms with Gasteiger partial charge in [0.05, 0.1) is 10.6 Å². The van der Waals surface area contributed by atoms with E-state index in [2.05, 4.69) is 42.0 Å². The first kappa shape index (κ1) is 16.4. The Bertz CT molecular complexity index is 459.